The van der Waals surface area contributed by atoms with Crippen molar-refractivity contribution in [3.8, 4) is 23.0 Å². The SMILES string of the molecule is Fc1ncnc(OCCOc2ncc(Br)cn2)c1-c1ccc(Br)cc1. The number of rotatable bonds is 6. The monoisotopic (exact) mass is 468 g/mol. The van der Waals surface area contributed by atoms with E-state index < -0.39 is 5.95 Å². The maximum absolute atomic E-state index is 14.1. The number of ether oxygens (including phenoxy) is 2. The fourth-order valence-corrected chi connectivity index (χ4v) is 2.43. The number of nitrogens with zero attached hydrogens (tertiary/aromatic N) is 4. The van der Waals surface area contributed by atoms with Gasteiger partial charge >= 0.3 is 6.01 Å². The van der Waals surface area contributed by atoms with Crippen LogP contribution in [0.3, 0.4) is 0 Å². The predicted octanol–water partition coefficient (Wildman–Crippen LogP) is 4.06. The minimum atomic E-state index is -0.649. The third kappa shape index (κ3) is 4.70. The smallest absolute Gasteiger partial charge is 0.316 e. The topological polar surface area (TPSA) is 70.0 Å². The van der Waals surface area contributed by atoms with Gasteiger partial charge in [0, 0.05) is 16.9 Å². The molecule has 2 aromatic heterocycles. The summed E-state index contributed by atoms with van der Waals surface area (Å²) in [5, 5.41) is 0. The number of hydrogen-bond acceptors (Lipinski definition) is 6. The van der Waals surface area contributed by atoms with Gasteiger partial charge in [-0.3, -0.25) is 0 Å². The average Bonchev–Trinajstić information content (AvgIpc) is 2.61. The first-order chi connectivity index (χ1) is 12.1. The van der Waals surface area contributed by atoms with E-state index in [2.05, 4.69) is 51.8 Å². The fourth-order valence-electron chi connectivity index (χ4n) is 1.96. The molecular formula is C16H11Br2FN4O2. The number of benzene rings is 1. The zero-order valence-corrected chi connectivity index (χ0v) is 15.9. The third-order valence-electron chi connectivity index (χ3n) is 3.05. The van der Waals surface area contributed by atoms with E-state index in [1.165, 1.54) is 0 Å². The van der Waals surface area contributed by atoms with Gasteiger partial charge in [0.25, 0.3) is 0 Å². The molecule has 0 aliphatic carbocycles. The van der Waals surface area contributed by atoms with Gasteiger partial charge in [0.1, 0.15) is 19.5 Å². The summed E-state index contributed by atoms with van der Waals surface area (Å²) in [6, 6.07) is 7.35. The van der Waals surface area contributed by atoms with E-state index in [9.17, 15) is 4.39 Å². The van der Waals surface area contributed by atoms with Crippen molar-refractivity contribution in [2.45, 2.75) is 0 Å². The van der Waals surface area contributed by atoms with Crippen molar-refractivity contribution in [1.82, 2.24) is 19.9 Å². The molecule has 2 heterocycles. The molecule has 0 bridgehead atoms. The Morgan fingerprint density at radius 3 is 2.24 bits per heavy atom. The van der Waals surface area contributed by atoms with Gasteiger partial charge in [-0.2, -0.15) is 4.39 Å². The highest BCUT2D eigenvalue weighted by Gasteiger charge is 2.15. The van der Waals surface area contributed by atoms with Gasteiger partial charge < -0.3 is 9.47 Å². The second kappa shape index (κ2) is 8.30. The van der Waals surface area contributed by atoms with E-state index in [0.29, 0.717) is 5.56 Å². The second-order valence-electron chi connectivity index (χ2n) is 4.73. The molecule has 1 aromatic carbocycles. The van der Waals surface area contributed by atoms with Gasteiger partial charge in [-0.15, -0.1) is 0 Å². The van der Waals surface area contributed by atoms with Crippen LogP contribution in [0.2, 0.25) is 0 Å². The first-order valence-electron chi connectivity index (χ1n) is 7.13. The Hall–Kier alpha value is -2.13. The van der Waals surface area contributed by atoms with Crippen molar-refractivity contribution < 1.29 is 13.9 Å². The van der Waals surface area contributed by atoms with Crippen molar-refractivity contribution >= 4 is 31.9 Å². The Labute approximate surface area is 159 Å². The molecule has 0 aliphatic rings. The molecule has 0 N–H and O–H groups in total. The van der Waals surface area contributed by atoms with Crippen LogP contribution in [-0.2, 0) is 0 Å². The van der Waals surface area contributed by atoms with Crippen LogP contribution < -0.4 is 9.47 Å². The normalized spacial score (nSPS) is 10.5. The summed E-state index contributed by atoms with van der Waals surface area (Å²) in [5.41, 5.74) is 0.823. The zero-order valence-electron chi connectivity index (χ0n) is 12.7. The summed E-state index contributed by atoms with van der Waals surface area (Å²) in [7, 11) is 0. The van der Waals surface area contributed by atoms with Crippen LogP contribution in [-0.4, -0.2) is 33.1 Å². The zero-order chi connectivity index (χ0) is 17.6. The van der Waals surface area contributed by atoms with Crippen LogP contribution in [0.15, 0.2) is 51.9 Å². The Morgan fingerprint density at radius 2 is 1.52 bits per heavy atom. The molecule has 9 heteroatoms. The van der Waals surface area contributed by atoms with Crippen molar-refractivity contribution in [2.75, 3.05) is 13.2 Å². The number of hydrogen-bond donors (Lipinski definition) is 0. The van der Waals surface area contributed by atoms with Crippen LogP contribution in [0.1, 0.15) is 0 Å². The van der Waals surface area contributed by atoms with Crippen LogP contribution in [0.4, 0.5) is 4.39 Å². The molecule has 0 aliphatic heterocycles. The fraction of sp³-hybridized carbons (Fsp3) is 0.125. The summed E-state index contributed by atoms with van der Waals surface area (Å²) < 4.78 is 26.7. The van der Waals surface area contributed by atoms with Gasteiger partial charge in [0.2, 0.25) is 11.8 Å². The maximum Gasteiger partial charge on any atom is 0.316 e. The minimum absolute atomic E-state index is 0.148. The molecule has 0 saturated carbocycles. The second-order valence-corrected chi connectivity index (χ2v) is 6.56. The van der Waals surface area contributed by atoms with Crippen molar-refractivity contribution in [3.05, 3.63) is 57.9 Å². The molecule has 0 saturated heterocycles. The lowest BCUT2D eigenvalue weighted by Gasteiger charge is -2.11. The largest absolute Gasteiger partial charge is 0.473 e. The van der Waals surface area contributed by atoms with E-state index in [1.54, 1.807) is 36.7 Å². The van der Waals surface area contributed by atoms with E-state index in [4.69, 9.17) is 9.47 Å². The van der Waals surface area contributed by atoms with E-state index >= 15 is 0 Å². The molecule has 0 unspecified atom stereocenters. The Balaban J connectivity index is 1.67. The Bertz CT molecular complexity index is 848. The summed E-state index contributed by atoms with van der Waals surface area (Å²) in [6.07, 6.45) is 4.27. The van der Waals surface area contributed by atoms with Crippen LogP contribution in [0.25, 0.3) is 11.1 Å². The third-order valence-corrected chi connectivity index (χ3v) is 3.99. The van der Waals surface area contributed by atoms with E-state index in [1.807, 2.05) is 0 Å². The van der Waals surface area contributed by atoms with Crippen LogP contribution >= 0.6 is 31.9 Å². The van der Waals surface area contributed by atoms with Crippen LogP contribution in [0, 0.1) is 5.95 Å². The number of aromatic nitrogens is 4. The highest BCUT2D eigenvalue weighted by Crippen LogP contribution is 2.30. The molecule has 0 fully saturated rings. The van der Waals surface area contributed by atoms with Gasteiger partial charge in [-0.25, -0.2) is 19.9 Å². The molecule has 0 atom stereocenters. The molecule has 128 valence electrons. The van der Waals surface area contributed by atoms with Gasteiger partial charge in [0.15, 0.2) is 0 Å². The van der Waals surface area contributed by atoms with Crippen molar-refractivity contribution in [1.29, 1.82) is 0 Å². The summed E-state index contributed by atoms with van der Waals surface area (Å²) >= 11 is 6.59. The Kier molecular flexibility index (Phi) is 5.87. The minimum Gasteiger partial charge on any atom is -0.473 e. The Morgan fingerprint density at radius 1 is 0.840 bits per heavy atom. The molecule has 25 heavy (non-hydrogen) atoms. The summed E-state index contributed by atoms with van der Waals surface area (Å²) in [5.74, 6) is -0.500. The molecule has 0 amide bonds. The van der Waals surface area contributed by atoms with Gasteiger partial charge in [0.05, 0.1) is 10.0 Å². The first kappa shape index (κ1) is 17.7. The molecule has 3 rings (SSSR count). The van der Waals surface area contributed by atoms with E-state index in [0.717, 1.165) is 15.3 Å². The van der Waals surface area contributed by atoms with Crippen LogP contribution in [0.5, 0.6) is 11.9 Å². The summed E-state index contributed by atoms with van der Waals surface area (Å²) in [4.78, 5) is 15.6. The molecule has 3 aromatic rings. The predicted molar refractivity (Wildman–Crippen MR) is 95.8 cm³/mol. The summed E-state index contributed by atoms with van der Waals surface area (Å²) in [6.45, 7) is 0.340. The van der Waals surface area contributed by atoms with E-state index in [-0.39, 0.29) is 30.7 Å². The van der Waals surface area contributed by atoms with Crippen molar-refractivity contribution in [2.24, 2.45) is 0 Å². The standard InChI is InChI=1S/C16H11Br2FN4O2/c17-11-3-1-10(2-4-11)13-14(19)22-9-23-15(13)24-5-6-25-16-20-7-12(18)8-21-16/h1-4,7-9H,5-6H2. The lowest BCUT2D eigenvalue weighted by Crippen LogP contribution is -2.12. The molecule has 0 spiro atoms. The lowest BCUT2D eigenvalue weighted by atomic mass is 10.1. The van der Waals surface area contributed by atoms with Crippen molar-refractivity contribution in [3.63, 3.8) is 0 Å². The highest BCUT2D eigenvalue weighted by atomic mass is 79.9. The molecule has 6 nitrogen and oxygen atoms in total. The number of halogens is 3. The van der Waals surface area contributed by atoms with Gasteiger partial charge in [-0.1, -0.05) is 28.1 Å². The maximum atomic E-state index is 14.1. The first-order valence-corrected chi connectivity index (χ1v) is 8.71. The molecule has 0 radical (unpaired) electrons. The molecular weight excluding hydrogens is 459 g/mol. The quantitative estimate of drug-likeness (QED) is 0.400. The lowest BCUT2D eigenvalue weighted by molar-refractivity contribution is 0.201. The van der Waals surface area contributed by atoms with Gasteiger partial charge in [-0.05, 0) is 33.6 Å². The highest BCUT2D eigenvalue weighted by molar-refractivity contribution is 9.10. The average molecular weight is 470 g/mol.